The highest BCUT2D eigenvalue weighted by Crippen LogP contribution is 2.43. The molecule has 0 radical (unpaired) electrons. The summed E-state index contributed by atoms with van der Waals surface area (Å²) in [5.41, 5.74) is 0.0769. The Labute approximate surface area is 133 Å². The average molecular weight is 339 g/mol. The Bertz CT molecular complexity index is 777. The Morgan fingerprint density at radius 2 is 2.09 bits per heavy atom. The number of anilines is 1. The minimum absolute atomic E-state index is 0.0769. The smallest absolute Gasteiger partial charge is 0.262 e. The van der Waals surface area contributed by atoms with Crippen molar-refractivity contribution in [2.75, 3.05) is 31.1 Å². The van der Waals surface area contributed by atoms with Gasteiger partial charge in [0, 0.05) is 56.4 Å². The molecular weight excluding hydrogens is 322 g/mol. The third kappa shape index (κ3) is 2.15. The van der Waals surface area contributed by atoms with Gasteiger partial charge < -0.3 is 9.47 Å². The molecule has 4 rings (SSSR count). The second kappa shape index (κ2) is 4.77. The summed E-state index contributed by atoms with van der Waals surface area (Å²) in [7, 11) is -1.68. The third-order valence-electron chi connectivity index (χ3n) is 4.44. The monoisotopic (exact) mass is 339 g/mol. The molecule has 2 aliphatic rings. The first-order chi connectivity index (χ1) is 10.5. The maximum atomic E-state index is 12.5. The van der Waals surface area contributed by atoms with Crippen molar-refractivity contribution in [2.45, 2.75) is 11.4 Å². The Morgan fingerprint density at radius 3 is 2.73 bits per heavy atom. The molecule has 0 aromatic carbocycles. The lowest BCUT2D eigenvalue weighted by atomic mass is 9.81. The molecule has 2 aromatic rings. The zero-order valence-corrected chi connectivity index (χ0v) is 13.8. The lowest BCUT2D eigenvalue weighted by molar-refractivity contribution is 0.0934. The molecule has 0 bridgehead atoms. The van der Waals surface area contributed by atoms with Crippen LogP contribution in [0.15, 0.2) is 29.1 Å². The maximum absolute atomic E-state index is 12.5. The van der Waals surface area contributed by atoms with E-state index in [4.69, 9.17) is 0 Å². The molecule has 7 nitrogen and oxygen atoms in total. The molecule has 2 aliphatic heterocycles. The van der Waals surface area contributed by atoms with Crippen molar-refractivity contribution in [3.05, 3.63) is 24.1 Å². The molecule has 0 N–H and O–H groups in total. The molecule has 2 aromatic heterocycles. The number of sulfonamides is 1. The largest absolute Gasteiger partial charge is 0.347 e. The molecule has 22 heavy (non-hydrogen) atoms. The molecule has 0 unspecified atom stereocenters. The van der Waals surface area contributed by atoms with Crippen LogP contribution >= 0.6 is 11.3 Å². The Morgan fingerprint density at radius 1 is 1.27 bits per heavy atom. The van der Waals surface area contributed by atoms with Gasteiger partial charge in [-0.1, -0.05) is 0 Å². The number of hydrogen-bond donors (Lipinski definition) is 0. The van der Waals surface area contributed by atoms with E-state index in [9.17, 15) is 8.42 Å². The molecule has 2 fully saturated rings. The summed E-state index contributed by atoms with van der Waals surface area (Å²) < 4.78 is 28.2. The van der Waals surface area contributed by atoms with E-state index in [0.29, 0.717) is 13.1 Å². The normalized spacial score (nSPS) is 21.4. The van der Waals surface area contributed by atoms with Crippen LogP contribution in [-0.2, 0) is 17.1 Å². The molecule has 2 saturated heterocycles. The highest BCUT2D eigenvalue weighted by Gasteiger charge is 2.52. The van der Waals surface area contributed by atoms with E-state index >= 15 is 0 Å². The number of imidazole rings is 1. The zero-order chi connectivity index (χ0) is 15.4. The van der Waals surface area contributed by atoms with Crippen LogP contribution in [-0.4, -0.2) is 53.4 Å². The summed E-state index contributed by atoms with van der Waals surface area (Å²) in [6.45, 7) is 2.99. The van der Waals surface area contributed by atoms with Gasteiger partial charge in [0.25, 0.3) is 10.0 Å². The van der Waals surface area contributed by atoms with Crippen LogP contribution in [0.1, 0.15) is 6.42 Å². The number of hydrogen-bond acceptors (Lipinski definition) is 6. The number of thiazole rings is 1. The van der Waals surface area contributed by atoms with Gasteiger partial charge in [0.05, 0.1) is 6.33 Å². The predicted molar refractivity (Wildman–Crippen MR) is 83.3 cm³/mol. The lowest BCUT2D eigenvalue weighted by Crippen LogP contribution is -2.59. The highest BCUT2D eigenvalue weighted by molar-refractivity contribution is 7.89. The average Bonchev–Trinajstić information content (AvgIpc) is 3.16. The molecule has 0 atom stereocenters. The third-order valence-corrected chi connectivity index (χ3v) is 6.95. The van der Waals surface area contributed by atoms with Gasteiger partial charge in [0.15, 0.2) is 10.2 Å². The van der Waals surface area contributed by atoms with Crippen LogP contribution in [0.3, 0.4) is 0 Å². The lowest BCUT2D eigenvalue weighted by Gasteiger charge is -2.46. The number of aromatic nitrogens is 3. The fraction of sp³-hybridized carbons (Fsp3) is 0.538. The van der Waals surface area contributed by atoms with Crippen LogP contribution < -0.4 is 4.90 Å². The predicted octanol–water partition coefficient (Wildman–Crippen LogP) is 0.778. The van der Waals surface area contributed by atoms with Gasteiger partial charge in [-0.2, -0.15) is 4.31 Å². The van der Waals surface area contributed by atoms with Crippen molar-refractivity contribution in [3.8, 4) is 0 Å². The maximum Gasteiger partial charge on any atom is 0.262 e. The van der Waals surface area contributed by atoms with Crippen molar-refractivity contribution in [2.24, 2.45) is 12.5 Å². The minimum atomic E-state index is -3.45. The topological polar surface area (TPSA) is 71.3 Å². The van der Waals surface area contributed by atoms with E-state index in [2.05, 4.69) is 14.9 Å². The minimum Gasteiger partial charge on any atom is -0.347 e. The summed E-state index contributed by atoms with van der Waals surface area (Å²) >= 11 is 1.63. The van der Waals surface area contributed by atoms with Crippen LogP contribution in [0.4, 0.5) is 5.13 Å². The van der Waals surface area contributed by atoms with Crippen LogP contribution in [0.25, 0.3) is 0 Å². The van der Waals surface area contributed by atoms with Gasteiger partial charge in [0.1, 0.15) is 0 Å². The van der Waals surface area contributed by atoms with Gasteiger partial charge in [-0.15, -0.1) is 11.3 Å². The van der Waals surface area contributed by atoms with Gasteiger partial charge in [-0.25, -0.2) is 18.4 Å². The Hall–Kier alpha value is -1.45. The van der Waals surface area contributed by atoms with Crippen molar-refractivity contribution in [1.82, 2.24) is 18.8 Å². The Kier molecular flexibility index (Phi) is 3.07. The molecule has 0 amide bonds. The van der Waals surface area contributed by atoms with Crippen LogP contribution in [0.5, 0.6) is 0 Å². The molecule has 118 valence electrons. The van der Waals surface area contributed by atoms with E-state index in [-0.39, 0.29) is 10.4 Å². The molecular formula is C13H17N5O2S2. The quantitative estimate of drug-likeness (QED) is 0.826. The number of nitrogens with zero attached hydrogens (tertiary/aromatic N) is 5. The second-order valence-corrected chi connectivity index (χ2v) is 8.89. The molecule has 4 heterocycles. The standard InChI is InChI=1S/C13H17N5O2S2/c1-16-6-11(15-10-16)22(19,20)18-8-13(9-18)2-4-17(7-13)12-14-3-5-21-12/h3,5-6,10H,2,4,7-9H2,1H3. The molecule has 1 spiro atoms. The molecule has 9 heteroatoms. The van der Waals surface area contributed by atoms with Gasteiger partial charge in [-0.05, 0) is 6.42 Å². The first-order valence-electron chi connectivity index (χ1n) is 7.11. The molecule has 0 saturated carbocycles. The van der Waals surface area contributed by atoms with Crippen molar-refractivity contribution >= 4 is 26.5 Å². The van der Waals surface area contributed by atoms with Crippen molar-refractivity contribution in [1.29, 1.82) is 0 Å². The van der Waals surface area contributed by atoms with Gasteiger partial charge in [0.2, 0.25) is 0 Å². The summed E-state index contributed by atoms with van der Waals surface area (Å²) in [4.78, 5) is 10.6. The number of aryl methyl sites for hydroxylation is 1. The van der Waals surface area contributed by atoms with E-state index in [0.717, 1.165) is 24.6 Å². The van der Waals surface area contributed by atoms with Gasteiger partial charge in [-0.3, -0.25) is 0 Å². The fourth-order valence-electron chi connectivity index (χ4n) is 3.25. The van der Waals surface area contributed by atoms with E-state index in [1.807, 2.05) is 11.6 Å². The summed E-state index contributed by atoms with van der Waals surface area (Å²) in [6.07, 6.45) is 5.89. The number of rotatable bonds is 3. The summed E-state index contributed by atoms with van der Waals surface area (Å²) in [6, 6.07) is 0. The Balaban J connectivity index is 1.46. The van der Waals surface area contributed by atoms with Crippen molar-refractivity contribution < 1.29 is 8.42 Å². The van der Waals surface area contributed by atoms with Crippen LogP contribution in [0, 0.1) is 5.41 Å². The van der Waals surface area contributed by atoms with E-state index in [1.165, 1.54) is 6.33 Å². The van der Waals surface area contributed by atoms with E-state index < -0.39 is 10.0 Å². The summed E-state index contributed by atoms with van der Waals surface area (Å²) in [5, 5.41) is 3.14. The van der Waals surface area contributed by atoms with Crippen LogP contribution in [0.2, 0.25) is 0 Å². The van der Waals surface area contributed by atoms with Gasteiger partial charge >= 0.3 is 0 Å². The first kappa shape index (κ1) is 14.2. The van der Waals surface area contributed by atoms with Crippen molar-refractivity contribution in [3.63, 3.8) is 0 Å². The SMILES string of the molecule is Cn1cnc(S(=O)(=O)N2CC3(CCN(c4nccs4)C3)C2)c1. The zero-order valence-electron chi connectivity index (χ0n) is 12.2. The first-order valence-corrected chi connectivity index (χ1v) is 9.43. The highest BCUT2D eigenvalue weighted by atomic mass is 32.2. The second-order valence-electron chi connectivity index (χ2n) is 6.14. The molecule has 0 aliphatic carbocycles. The van der Waals surface area contributed by atoms with E-state index in [1.54, 1.807) is 33.5 Å². The summed E-state index contributed by atoms with van der Waals surface area (Å²) in [5.74, 6) is 0. The fourth-order valence-corrected chi connectivity index (χ4v) is 5.56.